The minimum absolute atomic E-state index is 0.0261. The molecule has 4 amide bonds. The fourth-order valence-corrected chi connectivity index (χ4v) is 4.12. The molecular weight excluding hydrogens is 448 g/mol. The Balaban J connectivity index is 1.69. The number of carboxylic acid groups (broad SMARTS) is 1. The molecule has 3 aromatic rings. The van der Waals surface area contributed by atoms with Crippen LogP contribution in [-0.4, -0.2) is 34.7 Å². The number of hydrogen-bond donors (Lipinski definition) is 1. The highest BCUT2D eigenvalue weighted by molar-refractivity contribution is 6.39. The third-order valence-corrected chi connectivity index (χ3v) is 5.81. The summed E-state index contributed by atoms with van der Waals surface area (Å²) >= 11 is 0. The molecule has 0 radical (unpaired) electrons. The number of carbonyl (C=O) groups excluding carboxylic acids is 4. The number of carbonyl (C=O) groups is 5. The number of amides is 4. The van der Waals surface area contributed by atoms with E-state index in [1.807, 2.05) is 0 Å². The van der Waals surface area contributed by atoms with Crippen LogP contribution in [0.15, 0.2) is 54.6 Å². The van der Waals surface area contributed by atoms with Gasteiger partial charge in [0.1, 0.15) is 0 Å². The lowest BCUT2D eigenvalue weighted by Gasteiger charge is -2.23. The van der Waals surface area contributed by atoms with Crippen molar-refractivity contribution in [2.45, 2.75) is 0 Å². The number of anilines is 2. The number of nitrogens with zero attached hydrogens (tertiary/aromatic N) is 2. The molecular formula is C27H12N2O6. The molecule has 35 heavy (non-hydrogen) atoms. The van der Waals surface area contributed by atoms with Crippen LogP contribution in [0.25, 0.3) is 0 Å². The number of benzene rings is 3. The van der Waals surface area contributed by atoms with E-state index < -0.39 is 29.6 Å². The van der Waals surface area contributed by atoms with E-state index in [1.165, 1.54) is 48.5 Å². The maximum Gasteiger partial charge on any atom is 0.335 e. The largest absolute Gasteiger partial charge is 0.478 e. The minimum Gasteiger partial charge on any atom is -0.478 e. The Hall–Kier alpha value is -5.47. The van der Waals surface area contributed by atoms with Gasteiger partial charge >= 0.3 is 5.97 Å². The number of terminal acetylenes is 2. The van der Waals surface area contributed by atoms with Gasteiger partial charge in [-0.25, -0.2) is 14.6 Å². The van der Waals surface area contributed by atoms with Crippen LogP contribution < -0.4 is 9.80 Å². The molecule has 2 aliphatic rings. The van der Waals surface area contributed by atoms with Gasteiger partial charge in [-0.15, -0.1) is 12.8 Å². The van der Waals surface area contributed by atoms with Gasteiger partial charge in [-0.1, -0.05) is 11.8 Å². The maximum absolute atomic E-state index is 13.3. The first-order valence-electron chi connectivity index (χ1n) is 10.1. The fourth-order valence-electron chi connectivity index (χ4n) is 4.12. The highest BCUT2D eigenvalue weighted by atomic mass is 16.4. The molecule has 8 nitrogen and oxygen atoms in total. The van der Waals surface area contributed by atoms with Crippen LogP contribution >= 0.6 is 0 Å². The summed E-state index contributed by atoms with van der Waals surface area (Å²) in [5.74, 6) is 0.511. The molecule has 0 saturated carbocycles. The second-order valence-corrected chi connectivity index (χ2v) is 7.71. The van der Waals surface area contributed by atoms with Gasteiger partial charge in [-0.2, -0.15) is 0 Å². The lowest BCUT2D eigenvalue weighted by Crippen LogP contribution is -2.35. The molecule has 0 fully saturated rings. The molecule has 2 aliphatic heterocycles. The quantitative estimate of drug-likeness (QED) is 0.475. The van der Waals surface area contributed by atoms with Crippen molar-refractivity contribution in [1.29, 1.82) is 0 Å². The molecule has 0 aromatic heterocycles. The summed E-state index contributed by atoms with van der Waals surface area (Å²) in [6.45, 7) is 0. The molecule has 0 saturated heterocycles. The summed E-state index contributed by atoms with van der Waals surface area (Å²) in [4.78, 5) is 66.1. The van der Waals surface area contributed by atoms with Gasteiger partial charge in [-0.05, 0) is 54.6 Å². The first-order chi connectivity index (χ1) is 16.8. The smallest absolute Gasteiger partial charge is 0.335 e. The van der Waals surface area contributed by atoms with E-state index in [0.717, 1.165) is 15.9 Å². The molecule has 1 N–H and O–H groups in total. The van der Waals surface area contributed by atoms with E-state index in [2.05, 4.69) is 11.8 Å². The van der Waals surface area contributed by atoms with Gasteiger partial charge in [0.25, 0.3) is 23.6 Å². The molecule has 0 spiro atoms. The molecule has 5 rings (SSSR count). The first kappa shape index (κ1) is 21.4. The molecule has 166 valence electrons. The van der Waals surface area contributed by atoms with Crippen LogP contribution in [0.5, 0.6) is 0 Å². The van der Waals surface area contributed by atoms with E-state index in [0.29, 0.717) is 11.1 Å². The van der Waals surface area contributed by atoms with E-state index in [1.54, 1.807) is 0 Å². The monoisotopic (exact) mass is 460 g/mol. The highest BCUT2D eigenvalue weighted by Crippen LogP contribution is 2.40. The molecule has 0 unspecified atom stereocenters. The fraction of sp³-hybridized carbons (Fsp3) is 0. The van der Waals surface area contributed by atoms with Gasteiger partial charge in [0, 0.05) is 11.1 Å². The summed E-state index contributed by atoms with van der Waals surface area (Å²) < 4.78 is 0. The van der Waals surface area contributed by atoms with Crippen molar-refractivity contribution in [3.63, 3.8) is 0 Å². The van der Waals surface area contributed by atoms with Crippen molar-refractivity contribution >= 4 is 41.0 Å². The zero-order chi connectivity index (χ0) is 25.0. The molecule has 0 bridgehead atoms. The third-order valence-electron chi connectivity index (χ3n) is 5.81. The maximum atomic E-state index is 13.3. The average molecular weight is 460 g/mol. The van der Waals surface area contributed by atoms with Gasteiger partial charge in [0.05, 0.1) is 39.2 Å². The second-order valence-electron chi connectivity index (χ2n) is 7.71. The summed E-state index contributed by atoms with van der Waals surface area (Å²) in [5, 5.41) is 9.51. The van der Waals surface area contributed by atoms with Gasteiger partial charge in [0.2, 0.25) is 0 Å². The van der Waals surface area contributed by atoms with Gasteiger partial charge < -0.3 is 5.11 Å². The van der Waals surface area contributed by atoms with E-state index >= 15 is 0 Å². The Bertz CT molecular complexity index is 1640. The summed E-state index contributed by atoms with van der Waals surface area (Å²) in [5.41, 5.74) is 0.368. The van der Waals surface area contributed by atoms with Crippen molar-refractivity contribution in [3.05, 3.63) is 93.5 Å². The van der Waals surface area contributed by atoms with Crippen LogP contribution in [-0.2, 0) is 0 Å². The van der Waals surface area contributed by atoms with Gasteiger partial charge in [0.15, 0.2) is 0 Å². The van der Waals surface area contributed by atoms with Crippen LogP contribution in [0.1, 0.15) is 62.9 Å². The van der Waals surface area contributed by atoms with Crippen LogP contribution in [0.3, 0.4) is 0 Å². The lowest BCUT2D eigenvalue weighted by atomic mass is 10.1. The SMILES string of the molecule is C#Cc1ccc2c(c1)C(=O)N(c1ccc(C(=O)O)cc1N1C(=O)c3ccc(C#C)cc3C1=O)C2=O. The summed E-state index contributed by atoms with van der Waals surface area (Å²) in [6.07, 6.45) is 10.8. The number of carboxylic acids is 1. The first-order valence-corrected chi connectivity index (χ1v) is 10.1. The van der Waals surface area contributed by atoms with Crippen molar-refractivity contribution in [3.8, 4) is 24.7 Å². The van der Waals surface area contributed by atoms with E-state index in [4.69, 9.17) is 12.8 Å². The van der Waals surface area contributed by atoms with Crippen LogP contribution in [0, 0.1) is 24.7 Å². The molecule has 2 heterocycles. The molecule has 3 aromatic carbocycles. The normalized spacial score (nSPS) is 14.0. The minimum atomic E-state index is -1.33. The van der Waals surface area contributed by atoms with Crippen LogP contribution in [0.4, 0.5) is 11.4 Å². The number of aromatic carboxylic acids is 1. The topological polar surface area (TPSA) is 112 Å². The number of imide groups is 2. The van der Waals surface area contributed by atoms with Crippen molar-refractivity contribution in [2.75, 3.05) is 9.80 Å². The lowest BCUT2D eigenvalue weighted by molar-refractivity contribution is 0.0695. The predicted octanol–water partition coefficient (Wildman–Crippen LogP) is 2.95. The average Bonchev–Trinajstić information content (AvgIpc) is 3.26. The Morgan fingerprint density at radius 3 is 1.54 bits per heavy atom. The number of hydrogen-bond acceptors (Lipinski definition) is 5. The Labute approximate surface area is 198 Å². The van der Waals surface area contributed by atoms with E-state index in [-0.39, 0.29) is 39.2 Å². The zero-order valence-corrected chi connectivity index (χ0v) is 17.7. The Kier molecular flexibility index (Phi) is 4.61. The summed E-state index contributed by atoms with van der Waals surface area (Å²) in [6, 6.07) is 12.0. The van der Waals surface area contributed by atoms with Crippen molar-refractivity contribution in [1.82, 2.24) is 0 Å². The van der Waals surface area contributed by atoms with E-state index in [9.17, 15) is 29.1 Å². The second kappa shape index (κ2) is 7.55. The number of fused-ring (bicyclic) bond motifs is 2. The molecule has 0 aliphatic carbocycles. The summed E-state index contributed by atoms with van der Waals surface area (Å²) in [7, 11) is 0. The molecule has 8 heteroatoms. The highest BCUT2D eigenvalue weighted by Gasteiger charge is 2.43. The van der Waals surface area contributed by atoms with Crippen molar-refractivity contribution in [2.24, 2.45) is 0 Å². The number of rotatable bonds is 3. The van der Waals surface area contributed by atoms with Crippen LogP contribution in [0.2, 0.25) is 0 Å². The Morgan fingerprint density at radius 1 is 0.629 bits per heavy atom. The molecule has 0 atom stereocenters. The Morgan fingerprint density at radius 2 is 1.09 bits per heavy atom. The standard InChI is InChI=1S/C27H12N2O6/c1-3-14-5-8-17-19(11-14)25(32)28(23(17)30)21-10-7-16(27(34)35)13-22(21)29-24(31)18-9-6-15(4-2)12-20(18)26(29)33/h1-2,5-13H,(H,34,35). The predicted molar refractivity (Wildman–Crippen MR) is 124 cm³/mol. The zero-order valence-electron chi connectivity index (χ0n) is 17.7. The van der Waals surface area contributed by atoms with Crippen molar-refractivity contribution < 1.29 is 29.1 Å². The van der Waals surface area contributed by atoms with Gasteiger partial charge in [-0.3, -0.25) is 19.2 Å². The third kappa shape index (κ3) is 3.02.